The normalized spacial score (nSPS) is 13.2. The first kappa shape index (κ1) is 30.5. The first-order valence-corrected chi connectivity index (χ1v) is 13.1. The summed E-state index contributed by atoms with van der Waals surface area (Å²) in [5.41, 5.74) is 3.66. The number of benzene rings is 2. The van der Waals surface area contributed by atoms with Crippen molar-refractivity contribution in [1.29, 1.82) is 0 Å². The van der Waals surface area contributed by atoms with Gasteiger partial charge in [-0.3, -0.25) is 9.89 Å². The van der Waals surface area contributed by atoms with E-state index in [1.807, 2.05) is 24.3 Å². The van der Waals surface area contributed by atoms with Crippen molar-refractivity contribution in [3.8, 4) is 11.1 Å². The van der Waals surface area contributed by atoms with Crippen molar-refractivity contribution in [3.05, 3.63) is 54.2 Å². The number of H-pyrrole nitrogens is 1. The second-order valence-corrected chi connectivity index (χ2v) is 9.50. The van der Waals surface area contributed by atoms with Crippen LogP contribution in [0.4, 0.5) is 18.9 Å². The number of piperidine rings is 1. The lowest BCUT2D eigenvalue weighted by Crippen LogP contribution is -2.29. The van der Waals surface area contributed by atoms with Crippen LogP contribution >= 0.6 is 11.8 Å². The van der Waals surface area contributed by atoms with Crippen LogP contribution in [0.3, 0.4) is 0 Å². The van der Waals surface area contributed by atoms with Crippen molar-refractivity contribution in [2.45, 2.75) is 48.7 Å². The van der Waals surface area contributed by atoms with Crippen LogP contribution in [0.25, 0.3) is 11.1 Å². The molecule has 0 amide bonds. The van der Waals surface area contributed by atoms with Gasteiger partial charge in [0.05, 0.1) is 0 Å². The summed E-state index contributed by atoms with van der Waals surface area (Å²) in [4.78, 5) is 35.6. The van der Waals surface area contributed by atoms with Crippen molar-refractivity contribution in [2.75, 3.05) is 24.8 Å². The first-order chi connectivity index (χ1) is 19.1. The maximum Gasteiger partial charge on any atom is 0.490 e. The molecule has 214 valence electrons. The van der Waals surface area contributed by atoms with Crippen molar-refractivity contribution in [1.82, 2.24) is 15.4 Å². The zero-order chi connectivity index (χ0) is 29.1. The molecule has 2 heterocycles. The van der Waals surface area contributed by atoms with E-state index in [2.05, 4.69) is 44.6 Å². The Balaban J connectivity index is 0.000000559. The van der Waals surface area contributed by atoms with Gasteiger partial charge in [0.1, 0.15) is 0 Å². The summed E-state index contributed by atoms with van der Waals surface area (Å²) in [5, 5.41) is 17.7. The minimum Gasteiger partial charge on any atom is -0.475 e. The molecule has 1 aromatic heterocycles. The topological polar surface area (TPSA) is 135 Å². The van der Waals surface area contributed by atoms with Gasteiger partial charge in [0.15, 0.2) is 10.7 Å². The standard InChI is InChI=1S/C24H26N4O4S.C2HF3O2/c1-2-21(29)31-16-32-24(30)22-23(26-27-25-22)33-20-12-8-18(9-13-20)17-6-10-19(11-7-17)28-14-4-3-5-15-28;3-2(4,5)1(6)7/h6-13H,2-5,14-16H2,1H3,(H,25,26,27);(H,6,7). The Labute approximate surface area is 231 Å². The molecule has 4 rings (SSSR count). The molecule has 1 aliphatic rings. The molecule has 14 heteroatoms. The highest BCUT2D eigenvalue weighted by molar-refractivity contribution is 7.99. The fourth-order valence-electron chi connectivity index (χ4n) is 3.59. The maximum absolute atomic E-state index is 12.2. The first-order valence-electron chi connectivity index (χ1n) is 12.3. The summed E-state index contributed by atoms with van der Waals surface area (Å²) in [5.74, 6) is -3.88. The summed E-state index contributed by atoms with van der Waals surface area (Å²) in [6.07, 6.45) is -1.02. The third-order valence-electron chi connectivity index (χ3n) is 5.65. The fourth-order valence-corrected chi connectivity index (χ4v) is 4.40. The molecule has 1 aliphatic heterocycles. The van der Waals surface area contributed by atoms with E-state index >= 15 is 0 Å². The average Bonchev–Trinajstić information content (AvgIpc) is 3.42. The van der Waals surface area contributed by atoms with Gasteiger partial charge in [0.25, 0.3) is 0 Å². The third kappa shape index (κ3) is 9.00. The molecule has 40 heavy (non-hydrogen) atoms. The van der Waals surface area contributed by atoms with Gasteiger partial charge < -0.3 is 19.5 Å². The van der Waals surface area contributed by atoms with Gasteiger partial charge in [-0.2, -0.15) is 13.2 Å². The van der Waals surface area contributed by atoms with Gasteiger partial charge in [0.2, 0.25) is 6.79 Å². The van der Waals surface area contributed by atoms with E-state index in [9.17, 15) is 22.8 Å². The van der Waals surface area contributed by atoms with E-state index in [0.29, 0.717) is 5.03 Å². The van der Waals surface area contributed by atoms with Crippen LogP contribution in [0.2, 0.25) is 0 Å². The van der Waals surface area contributed by atoms with Crippen LogP contribution in [0.1, 0.15) is 43.1 Å². The highest BCUT2D eigenvalue weighted by atomic mass is 32.2. The molecule has 0 aliphatic carbocycles. The third-order valence-corrected chi connectivity index (χ3v) is 6.64. The number of anilines is 1. The number of halogens is 3. The van der Waals surface area contributed by atoms with Gasteiger partial charge in [-0.1, -0.05) is 48.2 Å². The lowest BCUT2D eigenvalue weighted by atomic mass is 10.0. The number of aromatic nitrogens is 3. The predicted molar refractivity (Wildman–Crippen MR) is 139 cm³/mol. The summed E-state index contributed by atoms with van der Waals surface area (Å²) < 4.78 is 41.5. The van der Waals surface area contributed by atoms with Crippen LogP contribution in [0.15, 0.2) is 58.5 Å². The Morgan fingerprint density at radius 1 is 0.975 bits per heavy atom. The van der Waals surface area contributed by atoms with Crippen LogP contribution in [0, 0.1) is 0 Å². The second kappa shape index (κ2) is 14.4. The summed E-state index contributed by atoms with van der Waals surface area (Å²) in [6.45, 7) is 3.48. The Bertz CT molecular complexity index is 1280. The number of hydrogen-bond donors (Lipinski definition) is 2. The quantitative estimate of drug-likeness (QED) is 0.266. The number of alkyl halides is 3. The van der Waals surface area contributed by atoms with E-state index in [1.54, 1.807) is 6.92 Å². The van der Waals surface area contributed by atoms with Gasteiger partial charge in [-0.05, 0) is 54.7 Å². The number of aliphatic carboxylic acids is 1. The lowest BCUT2D eigenvalue weighted by Gasteiger charge is -2.28. The Morgan fingerprint density at radius 2 is 1.55 bits per heavy atom. The minimum atomic E-state index is -5.08. The van der Waals surface area contributed by atoms with Crippen molar-refractivity contribution < 1.29 is 42.1 Å². The van der Waals surface area contributed by atoms with Crippen LogP contribution in [0.5, 0.6) is 0 Å². The van der Waals surface area contributed by atoms with Gasteiger partial charge in [-0.25, -0.2) is 9.59 Å². The van der Waals surface area contributed by atoms with E-state index in [1.165, 1.54) is 36.7 Å². The van der Waals surface area contributed by atoms with Gasteiger partial charge in [0, 0.05) is 30.1 Å². The smallest absolute Gasteiger partial charge is 0.475 e. The number of aromatic amines is 1. The number of carboxylic acid groups (broad SMARTS) is 1. The van der Waals surface area contributed by atoms with Crippen molar-refractivity contribution in [2.24, 2.45) is 0 Å². The van der Waals surface area contributed by atoms with Gasteiger partial charge in [-0.15, -0.1) is 5.10 Å². The number of ether oxygens (including phenoxy) is 2. The number of nitrogens with zero attached hydrogens (tertiary/aromatic N) is 3. The number of carboxylic acids is 1. The molecule has 2 N–H and O–H groups in total. The molecule has 10 nitrogen and oxygen atoms in total. The molecule has 0 saturated carbocycles. The van der Waals surface area contributed by atoms with Gasteiger partial charge >= 0.3 is 24.1 Å². The van der Waals surface area contributed by atoms with Crippen LogP contribution in [-0.2, 0) is 19.1 Å². The summed E-state index contributed by atoms with van der Waals surface area (Å²) in [7, 11) is 0. The molecule has 0 bridgehead atoms. The number of nitrogens with one attached hydrogen (secondary N) is 1. The molecule has 2 aromatic carbocycles. The number of rotatable bonds is 8. The van der Waals surface area contributed by atoms with E-state index in [-0.39, 0.29) is 12.1 Å². The average molecular weight is 581 g/mol. The Kier molecular flexibility index (Phi) is 10.9. The van der Waals surface area contributed by atoms with Crippen molar-refractivity contribution >= 4 is 35.4 Å². The second-order valence-electron chi connectivity index (χ2n) is 8.44. The summed E-state index contributed by atoms with van der Waals surface area (Å²) >= 11 is 1.30. The highest BCUT2D eigenvalue weighted by Crippen LogP contribution is 2.31. The lowest BCUT2D eigenvalue weighted by molar-refractivity contribution is -0.192. The largest absolute Gasteiger partial charge is 0.490 e. The molecule has 0 atom stereocenters. The molecule has 1 saturated heterocycles. The molecule has 3 aromatic rings. The Morgan fingerprint density at radius 3 is 2.10 bits per heavy atom. The van der Waals surface area contributed by atoms with Crippen LogP contribution < -0.4 is 4.90 Å². The fraction of sp³-hybridized carbons (Fsp3) is 0.346. The number of carbonyl (C=O) groups excluding carboxylic acids is 2. The van der Waals surface area contributed by atoms with E-state index in [0.717, 1.165) is 29.1 Å². The minimum absolute atomic E-state index is 0.116. The Hall–Kier alpha value is -4.07. The maximum atomic E-state index is 12.2. The number of esters is 2. The molecular formula is C26H27F3N4O6S. The number of carbonyl (C=O) groups is 3. The van der Waals surface area contributed by atoms with E-state index < -0.39 is 30.9 Å². The molecular weight excluding hydrogens is 553 g/mol. The predicted octanol–water partition coefficient (Wildman–Crippen LogP) is 5.31. The summed E-state index contributed by atoms with van der Waals surface area (Å²) in [6, 6.07) is 16.7. The zero-order valence-corrected chi connectivity index (χ0v) is 22.3. The van der Waals surface area contributed by atoms with Crippen LogP contribution in [-0.4, -0.2) is 64.5 Å². The molecule has 0 radical (unpaired) electrons. The highest BCUT2D eigenvalue weighted by Gasteiger charge is 2.38. The monoisotopic (exact) mass is 580 g/mol. The zero-order valence-electron chi connectivity index (χ0n) is 21.4. The number of hydrogen-bond acceptors (Lipinski definition) is 9. The van der Waals surface area contributed by atoms with Crippen molar-refractivity contribution in [3.63, 3.8) is 0 Å². The molecule has 0 unspecified atom stereocenters. The molecule has 1 fully saturated rings. The SMILES string of the molecule is CCC(=O)OCOC(=O)c1[nH]nnc1Sc1ccc(-c2ccc(N3CCCCC3)cc2)cc1.O=C(O)C(F)(F)F. The van der Waals surface area contributed by atoms with E-state index in [4.69, 9.17) is 19.4 Å². The molecule has 0 spiro atoms.